The van der Waals surface area contributed by atoms with Gasteiger partial charge >= 0.3 is 6.18 Å². The van der Waals surface area contributed by atoms with E-state index in [0.717, 1.165) is 37.4 Å². The third kappa shape index (κ3) is 6.60. The number of anilines is 4. The number of nitrogens with zero attached hydrogens (tertiary/aromatic N) is 2. The van der Waals surface area contributed by atoms with Crippen LogP contribution in [0.2, 0.25) is 0 Å². The normalized spacial score (nSPS) is 11.3. The highest BCUT2D eigenvalue weighted by Crippen LogP contribution is 2.37. The van der Waals surface area contributed by atoms with Gasteiger partial charge in [-0.3, -0.25) is 0 Å². The lowest BCUT2D eigenvalue weighted by atomic mass is 10.2. The summed E-state index contributed by atoms with van der Waals surface area (Å²) in [5.41, 5.74) is 1.15. The van der Waals surface area contributed by atoms with Crippen LogP contribution in [0, 0.1) is 6.92 Å². The first-order valence-electron chi connectivity index (χ1n) is 10.6. The molecule has 3 rings (SSSR count). The molecule has 32 heavy (non-hydrogen) atoms. The first-order valence-corrected chi connectivity index (χ1v) is 10.6. The minimum absolute atomic E-state index is 0.0593. The molecule has 0 radical (unpaired) electrons. The second-order valence-corrected chi connectivity index (χ2v) is 7.48. The third-order valence-corrected chi connectivity index (χ3v) is 4.76. The first-order chi connectivity index (χ1) is 15.4. The number of hydrogen-bond acceptors (Lipinski definition) is 5. The Labute approximate surface area is 186 Å². The van der Waals surface area contributed by atoms with Gasteiger partial charge in [0.1, 0.15) is 17.1 Å². The zero-order valence-corrected chi connectivity index (χ0v) is 18.2. The summed E-state index contributed by atoms with van der Waals surface area (Å²) in [6, 6.07) is 14.3. The average molecular weight is 445 g/mol. The predicted molar refractivity (Wildman–Crippen MR) is 121 cm³/mol. The summed E-state index contributed by atoms with van der Waals surface area (Å²) in [5, 5.41) is 5.76. The summed E-state index contributed by atoms with van der Waals surface area (Å²) in [6.45, 7) is 4.54. The van der Waals surface area contributed by atoms with E-state index in [-0.39, 0.29) is 11.8 Å². The van der Waals surface area contributed by atoms with Gasteiger partial charge in [0.05, 0.1) is 12.3 Å². The summed E-state index contributed by atoms with van der Waals surface area (Å²) in [7, 11) is 0. The topological polar surface area (TPSA) is 59.1 Å². The molecule has 0 aliphatic heterocycles. The van der Waals surface area contributed by atoms with E-state index in [4.69, 9.17) is 4.74 Å². The van der Waals surface area contributed by atoms with E-state index in [1.807, 2.05) is 25.1 Å². The van der Waals surface area contributed by atoms with Crippen LogP contribution in [0.15, 0.2) is 54.7 Å². The fourth-order valence-corrected chi connectivity index (χ4v) is 3.13. The van der Waals surface area contributed by atoms with Gasteiger partial charge in [0, 0.05) is 11.9 Å². The van der Waals surface area contributed by atoms with Crippen molar-refractivity contribution in [3.05, 3.63) is 65.9 Å². The molecule has 3 aromatic rings. The van der Waals surface area contributed by atoms with Gasteiger partial charge in [0.25, 0.3) is 0 Å². The smallest absolute Gasteiger partial charge is 0.421 e. The van der Waals surface area contributed by atoms with Gasteiger partial charge in [-0.1, -0.05) is 50.5 Å². The molecule has 0 atom stereocenters. The van der Waals surface area contributed by atoms with E-state index < -0.39 is 11.7 Å². The van der Waals surface area contributed by atoms with E-state index in [0.29, 0.717) is 23.7 Å². The van der Waals surface area contributed by atoms with Crippen molar-refractivity contribution in [2.45, 2.75) is 45.7 Å². The van der Waals surface area contributed by atoms with Crippen LogP contribution >= 0.6 is 0 Å². The van der Waals surface area contributed by atoms with Crippen LogP contribution in [0.1, 0.15) is 43.7 Å². The Bertz CT molecular complexity index is 1020. The van der Waals surface area contributed by atoms with Gasteiger partial charge in [0.15, 0.2) is 0 Å². The Morgan fingerprint density at radius 1 is 0.969 bits per heavy atom. The minimum atomic E-state index is -4.61. The van der Waals surface area contributed by atoms with Gasteiger partial charge in [-0.15, -0.1) is 0 Å². The van der Waals surface area contributed by atoms with Crippen molar-refractivity contribution in [2.75, 3.05) is 17.2 Å². The number of aromatic nitrogens is 2. The zero-order chi connectivity index (χ0) is 23.0. The highest BCUT2D eigenvalue weighted by Gasteiger charge is 2.35. The molecule has 1 aromatic heterocycles. The number of nitrogens with one attached hydrogen (secondary N) is 2. The molecule has 0 unspecified atom stereocenters. The number of rotatable bonds is 10. The van der Waals surface area contributed by atoms with Crippen LogP contribution in [0.5, 0.6) is 5.75 Å². The lowest BCUT2D eigenvalue weighted by molar-refractivity contribution is -0.137. The van der Waals surface area contributed by atoms with Crippen molar-refractivity contribution in [3.63, 3.8) is 0 Å². The molecule has 2 aromatic carbocycles. The van der Waals surface area contributed by atoms with Crippen LogP contribution in [-0.2, 0) is 6.18 Å². The average Bonchev–Trinajstić information content (AvgIpc) is 2.74. The molecular weight excluding hydrogens is 417 g/mol. The number of hydrogen-bond donors (Lipinski definition) is 2. The number of benzene rings is 2. The molecule has 0 fully saturated rings. The SMILES string of the molecule is CCCCCCOc1ccccc1Nc1nc(Nc2cccc(C)c2)ncc1C(F)(F)F. The maximum atomic E-state index is 13.6. The largest absolute Gasteiger partial charge is 0.491 e. The molecule has 1 heterocycles. The van der Waals surface area contributed by atoms with Crippen molar-refractivity contribution >= 4 is 23.1 Å². The molecule has 0 amide bonds. The fourth-order valence-electron chi connectivity index (χ4n) is 3.13. The highest BCUT2D eigenvalue weighted by molar-refractivity contribution is 5.67. The maximum absolute atomic E-state index is 13.6. The minimum Gasteiger partial charge on any atom is -0.491 e. The van der Waals surface area contributed by atoms with Crippen LogP contribution in [0.25, 0.3) is 0 Å². The monoisotopic (exact) mass is 444 g/mol. The van der Waals surface area contributed by atoms with E-state index in [9.17, 15) is 13.2 Å². The van der Waals surface area contributed by atoms with Gasteiger partial charge in [-0.2, -0.15) is 18.2 Å². The van der Waals surface area contributed by atoms with Crippen LogP contribution in [-0.4, -0.2) is 16.6 Å². The van der Waals surface area contributed by atoms with Crippen molar-refractivity contribution < 1.29 is 17.9 Å². The Morgan fingerprint density at radius 2 is 1.78 bits per heavy atom. The number of aryl methyl sites for hydroxylation is 1. The lowest BCUT2D eigenvalue weighted by Crippen LogP contribution is -2.13. The number of unbranched alkanes of at least 4 members (excludes halogenated alkanes) is 3. The first kappa shape index (κ1) is 23.4. The van der Waals surface area contributed by atoms with Crippen molar-refractivity contribution in [1.82, 2.24) is 9.97 Å². The summed E-state index contributed by atoms with van der Waals surface area (Å²) in [4.78, 5) is 7.97. The number of alkyl halides is 3. The standard InChI is InChI=1S/C24H27F3N4O/c1-3-4-5-8-14-32-21-13-7-6-12-20(21)30-22-19(24(25,26)27)16-28-23(31-22)29-18-11-9-10-17(2)15-18/h6-7,9-13,15-16H,3-5,8,14H2,1-2H3,(H2,28,29,30,31). The van der Waals surface area contributed by atoms with Crippen molar-refractivity contribution in [2.24, 2.45) is 0 Å². The van der Waals surface area contributed by atoms with Gasteiger partial charge in [-0.25, -0.2) is 4.98 Å². The molecule has 5 nitrogen and oxygen atoms in total. The zero-order valence-electron chi connectivity index (χ0n) is 18.2. The summed E-state index contributed by atoms with van der Waals surface area (Å²) in [5.74, 6) is 0.192. The molecule has 0 bridgehead atoms. The van der Waals surface area contributed by atoms with Gasteiger partial charge in [-0.05, 0) is 43.2 Å². The third-order valence-electron chi connectivity index (χ3n) is 4.76. The highest BCUT2D eigenvalue weighted by atomic mass is 19.4. The van der Waals surface area contributed by atoms with Crippen LogP contribution < -0.4 is 15.4 Å². The fraction of sp³-hybridized carbons (Fsp3) is 0.333. The summed E-state index contributed by atoms with van der Waals surface area (Å²) < 4.78 is 46.7. The number of halogens is 3. The van der Waals surface area contributed by atoms with Crippen LogP contribution in [0.4, 0.5) is 36.3 Å². The Balaban J connectivity index is 1.84. The van der Waals surface area contributed by atoms with Crippen molar-refractivity contribution in [1.29, 1.82) is 0 Å². The molecule has 2 N–H and O–H groups in total. The Morgan fingerprint density at radius 3 is 2.53 bits per heavy atom. The van der Waals surface area contributed by atoms with E-state index in [1.54, 1.807) is 30.3 Å². The summed E-state index contributed by atoms with van der Waals surface area (Å²) in [6.07, 6.45) is 0.334. The summed E-state index contributed by atoms with van der Waals surface area (Å²) >= 11 is 0. The Hall–Kier alpha value is -3.29. The quantitative estimate of drug-likeness (QED) is 0.323. The molecule has 0 aliphatic rings. The molecular formula is C24H27F3N4O. The van der Waals surface area contributed by atoms with Gasteiger partial charge in [0.2, 0.25) is 5.95 Å². The maximum Gasteiger partial charge on any atom is 0.421 e. The van der Waals surface area contributed by atoms with E-state index >= 15 is 0 Å². The van der Waals surface area contributed by atoms with Crippen molar-refractivity contribution in [3.8, 4) is 5.75 Å². The van der Waals surface area contributed by atoms with E-state index in [1.165, 1.54) is 0 Å². The van der Waals surface area contributed by atoms with Gasteiger partial charge < -0.3 is 15.4 Å². The molecule has 8 heteroatoms. The molecule has 170 valence electrons. The second-order valence-electron chi connectivity index (χ2n) is 7.48. The molecule has 0 aliphatic carbocycles. The molecule has 0 spiro atoms. The predicted octanol–water partition coefficient (Wildman–Crippen LogP) is 7.25. The number of para-hydroxylation sites is 2. The second kappa shape index (κ2) is 10.8. The molecule has 0 saturated carbocycles. The lowest BCUT2D eigenvalue weighted by Gasteiger charge is -2.17. The van der Waals surface area contributed by atoms with Crippen LogP contribution in [0.3, 0.4) is 0 Å². The Kier molecular flexibility index (Phi) is 7.92. The van der Waals surface area contributed by atoms with E-state index in [2.05, 4.69) is 27.5 Å². The number of ether oxygens (including phenoxy) is 1. The molecule has 0 saturated heterocycles.